The van der Waals surface area contributed by atoms with E-state index in [-0.39, 0.29) is 11.7 Å². The van der Waals surface area contributed by atoms with E-state index in [4.69, 9.17) is 22.1 Å². The molecule has 20 heavy (non-hydrogen) atoms. The van der Waals surface area contributed by atoms with Gasteiger partial charge in [-0.1, -0.05) is 13.8 Å². The molecule has 0 bridgehead atoms. The zero-order valence-electron chi connectivity index (χ0n) is 11.1. The van der Waals surface area contributed by atoms with Crippen molar-refractivity contribution in [2.24, 2.45) is 5.92 Å². The molecule has 1 fully saturated rings. The van der Waals surface area contributed by atoms with Crippen molar-refractivity contribution < 1.29 is 13.5 Å². The molecule has 1 saturated heterocycles. The molecular formula is C12H16ClF2N3O2. The van der Waals surface area contributed by atoms with E-state index in [1.165, 1.54) is 13.0 Å². The Morgan fingerprint density at radius 3 is 2.70 bits per heavy atom. The maximum atomic E-state index is 14.4. The molecule has 0 saturated carbocycles. The molecule has 0 unspecified atom stereocenters. The van der Waals surface area contributed by atoms with Crippen LogP contribution in [0.15, 0.2) is 17.1 Å². The lowest BCUT2D eigenvalue weighted by molar-refractivity contribution is -0.134. The topological polar surface area (TPSA) is 70.1 Å². The Hall–Kier alpha value is -1.21. The van der Waals surface area contributed by atoms with E-state index in [0.717, 1.165) is 10.8 Å². The van der Waals surface area contributed by atoms with E-state index in [1.807, 2.05) is 0 Å². The third-order valence-electron chi connectivity index (χ3n) is 3.97. The fraction of sp³-hybridized carbons (Fsp3) is 0.667. The molecule has 2 rings (SSSR count). The molecule has 3 atom stereocenters. The number of nitrogens with zero attached hydrogens (tertiary/aromatic N) is 2. The lowest BCUT2D eigenvalue weighted by Gasteiger charge is -2.29. The molecule has 112 valence electrons. The van der Waals surface area contributed by atoms with Crippen LogP contribution < -0.4 is 11.4 Å². The normalized spacial score (nSPS) is 32.5. The Kier molecular flexibility index (Phi) is 3.77. The van der Waals surface area contributed by atoms with Gasteiger partial charge >= 0.3 is 5.69 Å². The first kappa shape index (κ1) is 15.2. The second-order valence-electron chi connectivity index (χ2n) is 4.96. The van der Waals surface area contributed by atoms with E-state index >= 15 is 0 Å². The maximum absolute atomic E-state index is 14.4. The largest absolute Gasteiger partial charge is 0.383 e. The first-order valence-corrected chi connectivity index (χ1v) is 6.78. The highest BCUT2D eigenvalue weighted by molar-refractivity contribution is 6.18. The number of hydrogen-bond acceptors (Lipinski definition) is 4. The van der Waals surface area contributed by atoms with Gasteiger partial charge in [0.2, 0.25) is 6.23 Å². The van der Waals surface area contributed by atoms with E-state index in [2.05, 4.69) is 4.98 Å². The molecule has 8 heteroatoms. The number of halogens is 3. The molecule has 1 aliphatic heterocycles. The highest BCUT2D eigenvalue weighted by Crippen LogP contribution is 2.53. The summed E-state index contributed by atoms with van der Waals surface area (Å²) in [6.07, 6.45) is -0.242. The summed E-state index contributed by atoms with van der Waals surface area (Å²) in [5, 5.41) is 0. The summed E-state index contributed by atoms with van der Waals surface area (Å²) >= 11 is 5.82. The van der Waals surface area contributed by atoms with Gasteiger partial charge in [-0.3, -0.25) is 4.57 Å². The Morgan fingerprint density at radius 2 is 2.25 bits per heavy atom. The molecule has 1 aliphatic rings. The van der Waals surface area contributed by atoms with Gasteiger partial charge in [0.25, 0.3) is 5.92 Å². The molecule has 0 aromatic carbocycles. The molecule has 0 radical (unpaired) electrons. The molecule has 5 nitrogen and oxygen atoms in total. The van der Waals surface area contributed by atoms with Crippen LogP contribution in [-0.4, -0.2) is 27.0 Å². The van der Waals surface area contributed by atoms with Crippen LogP contribution in [-0.2, 0) is 4.74 Å². The van der Waals surface area contributed by atoms with Crippen LogP contribution in [0.2, 0.25) is 0 Å². The van der Waals surface area contributed by atoms with Crippen LogP contribution in [0.5, 0.6) is 0 Å². The molecule has 2 heterocycles. The van der Waals surface area contributed by atoms with Crippen molar-refractivity contribution >= 4 is 17.4 Å². The van der Waals surface area contributed by atoms with Crippen molar-refractivity contribution in [2.75, 3.05) is 11.6 Å². The van der Waals surface area contributed by atoms with Crippen LogP contribution in [0.3, 0.4) is 0 Å². The zero-order chi connectivity index (χ0) is 15.1. The summed E-state index contributed by atoms with van der Waals surface area (Å²) in [6.45, 7) is 3.10. The second-order valence-corrected chi connectivity index (χ2v) is 5.23. The van der Waals surface area contributed by atoms with Crippen LogP contribution in [0.1, 0.15) is 26.5 Å². The summed E-state index contributed by atoms with van der Waals surface area (Å²) in [7, 11) is 0. The van der Waals surface area contributed by atoms with Gasteiger partial charge in [0.15, 0.2) is 0 Å². The summed E-state index contributed by atoms with van der Waals surface area (Å²) in [6, 6.07) is 1.28. The number of anilines is 1. The Bertz CT molecular complexity index is 560. The lowest BCUT2D eigenvalue weighted by Crippen LogP contribution is -2.40. The van der Waals surface area contributed by atoms with Crippen molar-refractivity contribution in [3.8, 4) is 0 Å². The molecule has 1 aromatic rings. The highest BCUT2D eigenvalue weighted by atomic mass is 35.5. The number of aromatic nitrogens is 2. The number of alkyl halides is 3. The number of ether oxygens (including phenoxy) is 1. The Morgan fingerprint density at radius 1 is 1.60 bits per heavy atom. The SMILES string of the molecule is CC[C@@]1(CCl)O[C@@H](n2ccc(N)nc2=O)C(F)(F)[C@@H]1C. The first-order chi connectivity index (χ1) is 9.28. The van der Waals surface area contributed by atoms with Gasteiger partial charge in [-0.25, -0.2) is 13.6 Å². The van der Waals surface area contributed by atoms with Gasteiger partial charge in [0.1, 0.15) is 5.82 Å². The van der Waals surface area contributed by atoms with Crippen LogP contribution in [0.25, 0.3) is 0 Å². The van der Waals surface area contributed by atoms with Gasteiger partial charge < -0.3 is 10.5 Å². The van der Waals surface area contributed by atoms with Crippen molar-refractivity contribution in [3.63, 3.8) is 0 Å². The number of hydrogen-bond donors (Lipinski definition) is 1. The minimum Gasteiger partial charge on any atom is -0.383 e. The fourth-order valence-electron chi connectivity index (χ4n) is 2.45. The Labute approximate surface area is 119 Å². The fourth-order valence-corrected chi connectivity index (χ4v) is 2.93. The van der Waals surface area contributed by atoms with E-state index < -0.39 is 29.4 Å². The average molecular weight is 308 g/mol. The van der Waals surface area contributed by atoms with E-state index in [1.54, 1.807) is 6.92 Å². The first-order valence-electron chi connectivity index (χ1n) is 6.24. The number of nitrogens with two attached hydrogens (primary N) is 1. The number of rotatable bonds is 3. The minimum absolute atomic E-state index is 0.0280. The van der Waals surface area contributed by atoms with Crippen LogP contribution >= 0.6 is 11.6 Å². The van der Waals surface area contributed by atoms with Gasteiger partial charge in [-0.05, 0) is 12.5 Å². The van der Waals surface area contributed by atoms with E-state index in [9.17, 15) is 13.6 Å². The third-order valence-corrected chi connectivity index (χ3v) is 4.42. The van der Waals surface area contributed by atoms with Crippen molar-refractivity contribution in [3.05, 3.63) is 22.7 Å². The predicted octanol–water partition coefficient (Wildman–Crippen LogP) is 2.01. The number of nitrogen functional groups attached to an aromatic ring is 1. The molecular weight excluding hydrogens is 292 g/mol. The summed E-state index contributed by atoms with van der Waals surface area (Å²) < 4.78 is 35.1. The average Bonchev–Trinajstić information content (AvgIpc) is 2.60. The predicted molar refractivity (Wildman–Crippen MR) is 70.9 cm³/mol. The second kappa shape index (κ2) is 4.96. The Balaban J connectivity index is 2.50. The molecule has 0 amide bonds. The smallest absolute Gasteiger partial charge is 0.351 e. The third kappa shape index (κ3) is 2.09. The molecule has 0 spiro atoms. The van der Waals surface area contributed by atoms with Crippen molar-refractivity contribution in [1.82, 2.24) is 9.55 Å². The zero-order valence-corrected chi connectivity index (χ0v) is 11.9. The summed E-state index contributed by atoms with van der Waals surface area (Å²) in [4.78, 5) is 15.2. The molecule has 1 aromatic heterocycles. The monoisotopic (exact) mass is 307 g/mol. The maximum Gasteiger partial charge on any atom is 0.351 e. The van der Waals surface area contributed by atoms with Crippen LogP contribution in [0.4, 0.5) is 14.6 Å². The van der Waals surface area contributed by atoms with Crippen LogP contribution in [0, 0.1) is 5.92 Å². The quantitative estimate of drug-likeness (QED) is 0.867. The molecule has 0 aliphatic carbocycles. The standard InChI is InChI=1S/C12H16ClF2N3O2/c1-3-11(6-13)7(2)12(14,15)9(20-11)18-5-4-8(16)17-10(18)19/h4-5,7,9H,3,6H2,1-2H3,(H2,16,17,19)/t7-,9-,11+/m1/s1. The summed E-state index contributed by atoms with van der Waals surface area (Å²) in [5.41, 5.74) is 3.31. The lowest BCUT2D eigenvalue weighted by atomic mass is 9.86. The minimum atomic E-state index is -3.23. The van der Waals surface area contributed by atoms with Gasteiger partial charge in [-0.15, -0.1) is 11.6 Å². The highest BCUT2D eigenvalue weighted by Gasteiger charge is 2.63. The summed E-state index contributed by atoms with van der Waals surface area (Å²) in [5.74, 6) is -4.45. The van der Waals surface area contributed by atoms with Crippen molar-refractivity contribution in [2.45, 2.75) is 38.0 Å². The van der Waals surface area contributed by atoms with Gasteiger partial charge in [-0.2, -0.15) is 4.98 Å². The van der Waals surface area contributed by atoms with Gasteiger partial charge in [0.05, 0.1) is 17.4 Å². The van der Waals surface area contributed by atoms with E-state index in [0.29, 0.717) is 6.42 Å². The van der Waals surface area contributed by atoms with Crippen molar-refractivity contribution in [1.29, 1.82) is 0 Å². The molecule has 2 N–H and O–H groups in total. The van der Waals surface area contributed by atoms with Gasteiger partial charge in [0, 0.05) is 6.20 Å².